The average molecular weight is 276 g/mol. The highest BCUT2D eigenvalue weighted by Gasteiger charge is 2.09. The van der Waals surface area contributed by atoms with E-state index in [0.717, 1.165) is 5.69 Å². The number of carbonyl (C=O) groups is 1. The van der Waals surface area contributed by atoms with Crippen LogP contribution in [0.4, 0.5) is 10.5 Å². The Hall–Kier alpha value is -2.07. The number of anilines is 1. The van der Waals surface area contributed by atoms with E-state index >= 15 is 0 Å². The number of benzene rings is 1. The van der Waals surface area contributed by atoms with E-state index in [1.165, 1.54) is 0 Å². The van der Waals surface area contributed by atoms with E-state index in [-0.39, 0.29) is 12.1 Å². The van der Waals surface area contributed by atoms with Crippen LogP contribution in [0.5, 0.6) is 0 Å². The van der Waals surface area contributed by atoms with Crippen LogP contribution in [0.25, 0.3) is 0 Å². The average Bonchev–Trinajstić information content (AvgIpc) is 2.42. The van der Waals surface area contributed by atoms with Crippen molar-refractivity contribution in [1.82, 2.24) is 10.3 Å². The van der Waals surface area contributed by atoms with Gasteiger partial charge in [-0.2, -0.15) is 0 Å². The molecule has 19 heavy (non-hydrogen) atoms. The maximum absolute atomic E-state index is 11.8. The van der Waals surface area contributed by atoms with E-state index in [1.807, 2.05) is 25.1 Å². The van der Waals surface area contributed by atoms with E-state index in [1.54, 1.807) is 30.5 Å². The molecule has 0 radical (unpaired) electrons. The molecular formula is C14H14ClN3O. The summed E-state index contributed by atoms with van der Waals surface area (Å²) in [5.41, 5.74) is 1.50. The lowest BCUT2D eigenvalue weighted by Gasteiger charge is -2.14. The molecule has 0 unspecified atom stereocenters. The van der Waals surface area contributed by atoms with Crippen molar-refractivity contribution in [3.05, 3.63) is 59.4 Å². The SMILES string of the molecule is C[C@@H](NC(=O)Nc1ccc(Cl)cc1)c1ccccn1. The fourth-order valence-electron chi connectivity index (χ4n) is 1.60. The van der Waals surface area contributed by atoms with Crippen molar-refractivity contribution in [2.24, 2.45) is 0 Å². The van der Waals surface area contributed by atoms with Gasteiger partial charge in [-0.25, -0.2) is 4.79 Å². The van der Waals surface area contributed by atoms with Crippen molar-refractivity contribution in [3.8, 4) is 0 Å². The normalized spacial score (nSPS) is 11.7. The smallest absolute Gasteiger partial charge is 0.319 e. The van der Waals surface area contributed by atoms with Crippen LogP contribution in [-0.2, 0) is 0 Å². The Morgan fingerprint density at radius 2 is 1.95 bits per heavy atom. The number of halogens is 1. The first kappa shape index (κ1) is 13.4. The number of pyridine rings is 1. The molecule has 1 aromatic carbocycles. The molecule has 4 nitrogen and oxygen atoms in total. The highest BCUT2D eigenvalue weighted by molar-refractivity contribution is 6.30. The molecule has 1 aromatic heterocycles. The zero-order valence-electron chi connectivity index (χ0n) is 10.4. The maximum Gasteiger partial charge on any atom is 0.319 e. The van der Waals surface area contributed by atoms with Gasteiger partial charge in [0.15, 0.2) is 0 Å². The maximum atomic E-state index is 11.8. The third kappa shape index (κ3) is 3.96. The van der Waals surface area contributed by atoms with Gasteiger partial charge in [-0.05, 0) is 43.3 Å². The molecule has 0 saturated heterocycles. The first-order chi connectivity index (χ1) is 9.15. The fraction of sp³-hybridized carbons (Fsp3) is 0.143. The molecule has 0 spiro atoms. The molecule has 0 fully saturated rings. The minimum atomic E-state index is -0.277. The summed E-state index contributed by atoms with van der Waals surface area (Å²) in [7, 11) is 0. The standard InChI is InChI=1S/C14H14ClN3O/c1-10(13-4-2-3-9-16-13)17-14(19)18-12-7-5-11(15)6-8-12/h2-10H,1H3,(H2,17,18,19)/t10-/m1/s1. The number of urea groups is 1. The number of aromatic nitrogens is 1. The molecule has 1 heterocycles. The van der Waals surface area contributed by atoms with Gasteiger partial charge in [0.2, 0.25) is 0 Å². The predicted octanol–water partition coefficient (Wildman–Crippen LogP) is 3.62. The summed E-state index contributed by atoms with van der Waals surface area (Å²) in [5, 5.41) is 6.18. The monoisotopic (exact) mass is 275 g/mol. The number of nitrogens with one attached hydrogen (secondary N) is 2. The molecule has 2 N–H and O–H groups in total. The van der Waals surface area contributed by atoms with Crippen LogP contribution in [0, 0.1) is 0 Å². The summed E-state index contributed by atoms with van der Waals surface area (Å²) in [6, 6.07) is 12.1. The second-order valence-electron chi connectivity index (χ2n) is 4.08. The topological polar surface area (TPSA) is 54.0 Å². The van der Waals surface area contributed by atoms with Gasteiger partial charge in [-0.1, -0.05) is 17.7 Å². The lowest BCUT2D eigenvalue weighted by molar-refractivity contribution is 0.249. The highest BCUT2D eigenvalue weighted by atomic mass is 35.5. The van der Waals surface area contributed by atoms with Gasteiger partial charge in [0.25, 0.3) is 0 Å². The van der Waals surface area contributed by atoms with E-state index in [0.29, 0.717) is 10.7 Å². The third-order valence-electron chi connectivity index (χ3n) is 2.58. The van der Waals surface area contributed by atoms with Crippen molar-refractivity contribution >= 4 is 23.3 Å². The van der Waals surface area contributed by atoms with Crippen LogP contribution in [0.2, 0.25) is 5.02 Å². The van der Waals surface area contributed by atoms with Crippen LogP contribution in [-0.4, -0.2) is 11.0 Å². The van der Waals surface area contributed by atoms with Gasteiger partial charge < -0.3 is 10.6 Å². The molecule has 0 saturated carbocycles. The second kappa shape index (κ2) is 6.20. The van der Waals surface area contributed by atoms with E-state index in [9.17, 15) is 4.79 Å². The zero-order chi connectivity index (χ0) is 13.7. The number of hydrogen-bond acceptors (Lipinski definition) is 2. The molecule has 0 aliphatic heterocycles. The largest absolute Gasteiger partial charge is 0.330 e. The predicted molar refractivity (Wildman–Crippen MR) is 76.3 cm³/mol. The molecular weight excluding hydrogens is 262 g/mol. The molecule has 98 valence electrons. The zero-order valence-corrected chi connectivity index (χ0v) is 11.2. The van der Waals surface area contributed by atoms with E-state index in [2.05, 4.69) is 15.6 Å². The fourth-order valence-corrected chi connectivity index (χ4v) is 1.73. The lowest BCUT2D eigenvalue weighted by atomic mass is 10.2. The summed E-state index contributed by atoms with van der Waals surface area (Å²) in [4.78, 5) is 16.0. The number of carbonyl (C=O) groups excluding carboxylic acids is 1. The quantitative estimate of drug-likeness (QED) is 0.899. The molecule has 0 bridgehead atoms. The van der Waals surface area contributed by atoms with E-state index in [4.69, 9.17) is 11.6 Å². The van der Waals surface area contributed by atoms with Gasteiger partial charge in [-0.3, -0.25) is 4.98 Å². The third-order valence-corrected chi connectivity index (χ3v) is 2.83. The lowest BCUT2D eigenvalue weighted by Crippen LogP contribution is -2.31. The van der Waals surface area contributed by atoms with Crippen LogP contribution < -0.4 is 10.6 Å². The Labute approximate surface area is 116 Å². The number of hydrogen-bond donors (Lipinski definition) is 2. The van der Waals surface area contributed by atoms with Gasteiger partial charge in [-0.15, -0.1) is 0 Å². The molecule has 0 aliphatic rings. The van der Waals surface area contributed by atoms with Crippen LogP contribution in [0.1, 0.15) is 18.7 Å². The van der Waals surface area contributed by atoms with Crippen LogP contribution in [0.15, 0.2) is 48.7 Å². The van der Waals surface area contributed by atoms with Crippen molar-refractivity contribution in [1.29, 1.82) is 0 Å². The van der Waals surface area contributed by atoms with Crippen molar-refractivity contribution in [3.63, 3.8) is 0 Å². The second-order valence-corrected chi connectivity index (χ2v) is 4.52. The van der Waals surface area contributed by atoms with Gasteiger partial charge >= 0.3 is 6.03 Å². The molecule has 2 amide bonds. The minimum Gasteiger partial charge on any atom is -0.330 e. The number of nitrogens with zero attached hydrogens (tertiary/aromatic N) is 1. The van der Waals surface area contributed by atoms with Crippen molar-refractivity contribution in [2.75, 3.05) is 5.32 Å². The van der Waals surface area contributed by atoms with Crippen LogP contribution in [0.3, 0.4) is 0 Å². The Morgan fingerprint density at radius 3 is 2.58 bits per heavy atom. The number of rotatable bonds is 3. The summed E-state index contributed by atoms with van der Waals surface area (Å²) < 4.78 is 0. The molecule has 5 heteroatoms. The summed E-state index contributed by atoms with van der Waals surface area (Å²) in [6.07, 6.45) is 1.70. The minimum absolute atomic E-state index is 0.159. The Balaban J connectivity index is 1.93. The van der Waals surface area contributed by atoms with Gasteiger partial charge in [0.1, 0.15) is 0 Å². The Morgan fingerprint density at radius 1 is 1.21 bits per heavy atom. The van der Waals surface area contributed by atoms with E-state index < -0.39 is 0 Å². The van der Waals surface area contributed by atoms with Gasteiger partial charge in [0.05, 0.1) is 11.7 Å². The first-order valence-corrected chi connectivity index (χ1v) is 6.27. The summed E-state index contributed by atoms with van der Waals surface area (Å²) >= 11 is 5.78. The highest BCUT2D eigenvalue weighted by Crippen LogP contribution is 2.14. The Kier molecular flexibility index (Phi) is 4.36. The summed E-state index contributed by atoms with van der Waals surface area (Å²) in [5.74, 6) is 0. The molecule has 0 aliphatic carbocycles. The van der Waals surface area contributed by atoms with Gasteiger partial charge in [0, 0.05) is 16.9 Å². The molecule has 2 rings (SSSR count). The van der Waals surface area contributed by atoms with Crippen molar-refractivity contribution < 1.29 is 4.79 Å². The number of amides is 2. The molecule has 1 atom stereocenters. The van der Waals surface area contributed by atoms with Crippen LogP contribution >= 0.6 is 11.6 Å². The first-order valence-electron chi connectivity index (χ1n) is 5.89. The van der Waals surface area contributed by atoms with Crippen molar-refractivity contribution in [2.45, 2.75) is 13.0 Å². The molecule has 2 aromatic rings. The Bertz CT molecular complexity index is 542. The summed E-state index contributed by atoms with van der Waals surface area (Å²) in [6.45, 7) is 1.88.